The summed E-state index contributed by atoms with van der Waals surface area (Å²) in [5.41, 5.74) is 1.51. The van der Waals surface area contributed by atoms with Gasteiger partial charge in [-0.25, -0.2) is 4.79 Å². The average Bonchev–Trinajstić information content (AvgIpc) is 3.39. The molecule has 8 heteroatoms. The molecule has 0 N–H and O–H groups in total. The second kappa shape index (κ2) is 8.31. The summed E-state index contributed by atoms with van der Waals surface area (Å²) >= 11 is 0. The number of nitrogens with zero attached hydrogens (tertiary/aromatic N) is 1. The molecule has 0 bridgehead atoms. The van der Waals surface area contributed by atoms with Crippen molar-refractivity contribution in [3.05, 3.63) is 82.9 Å². The molecule has 3 aromatic rings. The lowest BCUT2D eigenvalue weighted by atomic mass is 10.1. The average molecular weight is 445 g/mol. The largest absolute Gasteiger partial charge is 0.493 e. The number of carbonyl (C=O) groups excluding carboxylic acids is 3. The number of rotatable bonds is 6. The van der Waals surface area contributed by atoms with Crippen molar-refractivity contribution in [2.24, 2.45) is 0 Å². The van der Waals surface area contributed by atoms with E-state index in [0.29, 0.717) is 40.5 Å². The van der Waals surface area contributed by atoms with Gasteiger partial charge in [0.05, 0.1) is 24.3 Å². The summed E-state index contributed by atoms with van der Waals surface area (Å²) in [7, 11) is 0. The highest BCUT2D eigenvalue weighted by Gasteiger charge is 2.35. The van der Waals surface area contributed by atoms with Crippen molar-refractivity contribution >= 4 is 17.8 Å². The molecule has 0 aliphatic carbocycles. The highest BCUT2D eigenvalue weighted by molar-refractivity contribution is 6.21. The van der Waals surface area contributed by atoms with Gasteiger partial charge in [0.1, 0.15) is 17.1 Å². The smallest absolute Gasteiger partial charge is 0.347 e. The van der Waals surface area contributed by atoms with Crippen LogP contribution in [0.25, 0.3) is 0 Å². The monoisotopic (exact) mass is 445 g/mol. The normalized spacial score (nSPS) is 13.8. The summed E-state index contributed by atoms with van der Waals surface area (Å²) in [5.74, 6) is 0.328. The third kappa shape index (κ3) is 3.76. The van der Waals surface area contributed by atoms with Crippen LogP contribution in [0.2, 0.25) is 0 Å². The number of hydrogen-bond donors (Lipinski definition) is 0. The van der Waals surface area contributed by atoms with E-state index < -0.39 is 5.97 Å². The minimum atomic E-state index is -0.637. The Bertz CT molecular complexity index is 1250. The molecule has 0 saturated carbocycles. The van der Waals surface area contributed by atoms with Crippen molar-refractivity contribution in [3.63, 3.8) is 0 Å². The van der Waals surface area contributed by atoms with E-state index >= 15 is 0 Å². The molecule has 0 spiro atoms. The summed E-state index contributed by atoms with van der Waals surface area (Å²) in [4.78, 5) is 39.5. The van der Waals surface area contributed by atoms with Crippen LogP contribution in [0.3, 0.4) is 0 Å². The van der Waals surface area contributed by atoms with Gasteiger partial charge in [0.2, 0.25) is 6.79 Å². The Morgan fingerprint density at radius 3 is 2.39 bits per heavy atom. The lowest BCUT2D eigenvalue weighted by Gasteiger charge is -2.16. The Hall–Kier alpha value is -4.33. The van der Waals surface area contributed by atoms with Crippen molar-refractivity contribution in [2.75, 3.05) is 13.4 Å². The topological polar surface area (TPSA) is 91.4 Å². The molecule has 0 atom stereocenters. The molecule has 3 aromatic carbocycles. The summed E-state index contributed by atoms with van der Waals surface area (Å²) < 4.78 is 21.7. The maximum absolute atomic E-state index is 13.0. The fourth-order valence-electron chi connectivity index (χ4n) is 3.78. The van der Waals surface area contributed by atoms with Gasteiger partial charge in [-0.2, -0.15) is 0 Å². The number of ether oxygens (including phenoxy) is 4. The van der Waals surface area contributed by atoms with E-state index in [1.807, 2.05) is 0 Å². The number of hydrogen-bond acceptors (Lipinski definition) is 7. The van der Waals surface area contributed by atoms with E-state index in [9.17, 15) is 14.4 Å². The molecule has 33 heavy (non-hydrogen) atoms. The van der Waals surface area contributed by atoms with Crippen LogP contribution in [0.15, 0.2) is 60.7 Å². The van der Waals surface area contributed by atoms with Gasteiger partial charge in [-0.3, -0.25) is 14.5 Å². The van der Waals surface area contributed by atoms with Crippen molar-refractivity contribution in [1.82, 2.24) is 4.90 Å². The number of esters is 1. The molecule has 166 valence electrons. The van der Waals surface area contributed by atoms with Gasteiger partial charge in [-0.1, -0.05) is 18.2 Å². The second-order valence-corrected chi connectivity index (χ2v) is 7.41. The zero-order chi connectivity index (χ0) is 22.9. The van der Waals surface area contributed by atoms with E-state index in [1.54, 1.807) is 67.6 Å². The Morgan fingerprint density at radius 1 is 0.939 bits per heavy atom. The van der Waals surface area contributed by atoms with E-state index in [4.69, 9.17) is 18.9 Å². The quantitative estimate of drug-likeness (QED) is 0.324. The van der Waals surface area contributed by atoms with Gasteiger partial charge in [0, 0.05) is 6.07 Å². The molecular formula is C25H19NO7. The Morgan fingerprint density at radius 2 is 1.67 bits per heavy atom. The third-order valence-electron chi connectivity index (χ3n) is 5.34. The summed E-state index contributed by atoms with van der Waals surface area (Å²) in [6.45, 7) is 2.28. The molecule has 2 heterocycles. The van der Waals surface area contributed by atoms with Gasteiger partial charge >= 0.3 is 5.97 Å². The SMILES string of the molecule is CCOc1ccc(CN2C(=O)c3ccccc3C2=O)cc1C(=O)Oc1ccc2c(c1)OCO2. The number of amides is 2. The fraction of sp³-hybridized carbons (Fsp3) is 0.160. The number of benzene rings is 3. The first-order valence-electron chi connectivity index (χ1n) is 10.4. The number of imide groups is 1. The molecule has 2 aliphatic rings. The predicted octanol–water partition coefficient (Wildman–Crippen LogP) is 3.83. The molecule has 0 radical (unpaired) electrons. The minimum absolute atomic E-state index is 0.0169. The molecule has 0 fully saturated rings. The zero-order valence-electron chi connectivity index (χ0n) is 17.7. The van der Waals surface area contributed by atoms with Gasteiger partial charge in [-0.15, -0.1) is 0 Å². The standard InChI is InChI=1S/C25H19NO7/c1-2-30-20-9-7-15(13-26-23(27)17-5-3-4-6-18(17)24(26)28)11-19(20)25(29)33-16-8-10-21-22(12-16)32-14-31-21/h3-12H,2,13-14H2,1H3. The summed E-state index contributed by atoms with van der Waals surface area (Å²) in [5, 5.41) is 0. The predicted molar refractivity (Wildman–Crippen MR) is 116 cm³/mol. The van der Waals surface area contributed by atoms with Crippen LogP contribution < -0.4 is 18.9 Å². The fourth-order valence-corrected chi connectivity index (χ4v) is 3.78. The maximum Gasteiger partial charge on any atom is 0.347 e. The van der Waals surface area contributed by atoms with Gasteiger partial charge < -0.3 is 18.9 Å². The maximum atomic E-state index is 13.0. The Kier molecular flexibility index (Phi) is 5.18. The van der Waals surface area contributed by atoms with E-state index in [1.165, 1.54) is 0 Å². The van der Waals surface area contributed by atoms with Crippen LogP contribution in [-0.4, -0.2) is 36.1 Å². The third-order valence-corrected chi connectivity index (χ3v) is 5.34. The molecule has 8 nitrogen and oxygen atoms in total. The van der Waals surface area contributed by atoms with Crippen LogP contribution in [-0.2, 0) is 6.54 Å². The number of fused-ring (bicyclic) bond motifs is 2. The molecule has 0 saturated heterocycles. The highest BCUT2D eigenvalue weighted by Crippen LogP contribution is 2.35. The lowest BCUT2D eigenvalue weighted by Crippen LogP contribution is -2.29. The van der Waals surface area contributed by atoms with Crippen molar-refractivity contribution < 1.29 is 33.3 Å². The Balaban J connectivity index is 1.40. The zero-order valence-corrected chi connectivity index (χ0v) is 17.7. The first kappa shape index (κ1) is 20.6. The highest BCUT2D eigenvalue weighted by atomic mass is 16.7. The van der Waals surface area contributed by atoms with Crippen LogP contribution >= 0.6 is 0 Å². The summed E-state index contributed by atoms with van der Waals surface area (Å²) in [6, 6.07) is 16.4. The van der Waals surface area contributed by atoms with Crippen molar-refractivity contribution in [1.29, 1.82) is 0 Å². The molecule has 2 amide bonds. The minimum Gasteiger partial charge on any atom is -0.493 e. The van der Waals surface area contributed by atoms with E-state index in [0.717, 1.165) is 4.90 Å². The molecule has 5 rings (SSSR count). The first-order chi connectivity index (χ1) is 16.0. The van der Waals surface area contributed by atoms with Crippen LogP contribution in [0.4, 0.5) is 0 Å². The van der Waals surface area contributed by atoms with Crippen LogP contribution in [0, 0.1) is 0 Å². The van der Waals surface area contributed by atoms with Crippen molar-refractivity contribution in [2.45, 2.75) is 13.5 Å². The molecule has 0 unspecified atom stereocenters. The van der Waals surface area contributed by atoms with Gasteiger partial charge in [-0.05, 0) is 48.9 Å². The van der Waals surface area contributed by atoms with Crippen molar-refractivity contribution in [3.8, 4) is 23.0 Å². The number of carbonyl (C=O) groups is 3. The van der Waals surface area contributed by atoms with Crippen LogP contribution in [0.5, 0.6) is 23.0 Å². The summed E-state index contributed by atoms with van der Waals surface area (Å²) in [6.07, 6.45) is 0. The Labute approximate surface area is 189 Å². The molecule has 0 aromatic heterocycles. The molecule has 2 aliphatic heterocycles. The molecular weight excluding hydrogens is 426 g/mol. The van der Waals surface area contributed by atoms with Crippen LogP contribution in [0.1, 0.15) is 43.6 Å². The van der Waals surface area contributed by atoms with E-state index in [-0.39, 0.29) is 36.5 Å². The second-order valence-electron chi connectivity index (χ2n) is 7.41. The van der Waals surface area contributed by atoms with Gasteiger partial charge in [0.25, 0.3) is 11.8 Å². The lowest BCUT2D eigenvalue weighted by molar-refractivity contribution is 0.0641. The first-order valence-corrected chi connectivity index (χ1v) is 10.4. The van der Waals surface area contributed by atoms with E-state index in [2.05, 4.69) is 0 Å². The van der Waals surface area contributed by atoms with Gasteiger partial charge in [0.15, 0.2) is 11.5 Å².